The van der Waals surface area contributed by atoms with E-state index >= 15 is 0 Å². The van der Waals surface area contributed by atoms with E-state index in [2.05, 4.69) is 31.3 Å². The van der Waals surface area contributed by atoms with E-state index in [-0.39, 0.29) is 0 Å². The van der Waals surface area contributed by atoms with Gasteiger partial charge in [0.05, 0.1) is 11.4 Å². The minimum absolute atomic E-state index is 0.629. The van der Waals surface area contributed by atoms with E-state index in [1.807, 2.05) is 42.5 Å². The zero-order chi connectivity index (χ0) is 14.7. The Kier molecular flexibility index (Phi) is 4.22. The first-order chi connectivity index (χ1) is 10.2. The van der Waals surface area contributed by atoms with Crippen LogP contribution in [0.5, 0.6) is 0 Å². The molecule has 1 heterocycles. The van der Waals surface area contributed by atoms with E-state index in [4.69, 9.17) is 11.6 Å². The van der Waals surface area contributed by atoms with E-state index in [0.29, 0.717) is 6.54 Å². The fraction of sp³-hybridized carbons (Fsp3) is 0.0667. The van der Waals surface area contributed by atoms with Crippen molar-refractivity contribution in [3.05, 3.63) is 70.2 Å². The van der Waals surface area contributed by atoms with E-state index in [1.165, 1.54) is 6.33 Å². The number of hydrogen-bond acceptors (Lipinski definition) is 3. The fourth-order valence-electron chi connectivity index (χ4n) is 2.02. The number of benzene rings is 2. The van der Waals surface area contributed by atoms with Crippen LogP contribution in [0, 0.1) is 0 Å². The molecule has 0 amide bonds. The minimum atomic E-state index is 0.629. The molecule has 1 aromatic heterocycles. The summed E-state index contributed by atoms with van der Waals surface area (Å²) in [4.78, 5) is 3.98. The molecule has 0 aliphatic rings. The highest BCUT2D eigenvalue weighted by Crippen LogP contribution is 2.24. The molecule has 0 bridgehead atoms. The molecule has 0 radical (unpaired) electrons. The highest BCUT2D eigenvalue weighted by Gasteiger charge is 2.06. The molecular weight excluding hydrogens is 352 g/mol. The smallest absolute Gasteiger partial charge is 0.138 e. The Labute approximate surface area is 135 Å². The van der Waals surface area contributed by atoms with Crippen LogP contribution in [-0.4, -0.2) is 14.8 Å². The SMILES string of the molecule is Clc1ccc(Br)cc1CNc1ccccc1-n1cncn1. The number of halogens is 2. The molecular formula is C15H12BrClN4. The Morgan fingerprint density at radius 1 is 1.19 bits per heavy atom. The molecule has 3 rings (SSSR count). The minimum Gasteiger partial charge on any atom is -0.379 e. The molecule has 6 heteroatoms. The van der Waals surface area contributed by atoms with Gasteiger partial charge in [-0.05, 0) is 35.9 Å². The quantitative estimate of drug-likeness (QED) is 0.751. The average Bonchev–Trinajstić information content (AvgIpc) is 3.03. The largest absolute Gasteiger partial charge is 0.379 e. The molecule has 1 N–H and O–H groups in total. The maximum atomic E-state index is 6.21. The Hall–Kier alpha value is -1.85. The fourth-order valence-corrected chi connectivity index (χ4v) is 2.62. The van der Waals surface area contributed by atoms with Crippen LogP contribution in [-0.2, 0) is 6.54 Å². The zero-order valence-corrected chi connectivity index (χ0v) is 13.3. The second-order valence-electron chi connectivity index (χ2n) is 4.45. The molecule has 0 saturated heterocycles. The standard InChI is InChI=1S/C15H12BrClN4/c16-12-5-6-13(17)11(7-12)8-19-14-3-1-2-4-15(14)21-10-18-9-20-21/h1-7,9-10,19H,8H2. The predicted molar refractivity (Wildman–Crippen MR) is 87.8 cm³/mol. The Balaban J connectivity index is 1.84. The van der Waals surface area contributed by atoms with Gasteiger partial charge >= 0.3 is 0 Å². The van der Waals surface area contributed by atoms with Gasteiger partial charge < -0.3 is 5.32 Å². The van der Waals surface area contributed by atoms with Crippen LogP contribution in [0.2, 0.25) is 5.02 Å². The molecule has 2 aromatic carbocycles. The zero-order valence-electron chi connectivity index (χ0n) is 11.0. The van der Waals surface area contributed by atoms with Crippen molar-refractivity contribution >= 4 is 33.2 Å². The summed E-state index contributed by atoms with van der Waals surface area (Å²) in [6.45, 7) is 0.629. The lowest BCUT2D eigenvalue weighted by atomic mass is 10.2. The number of hydrogen-bond donors (Lipinski definition) is 1. The van der Waals surface area contributed by atoms with Gasteiger partial charge in [0.15, 0.2) is 0 Å². The molecule has 3 aromatic rings. The number of aromatic nitrogens is 3. The van der Waals surface area contributed by atoms with Gasteiger partial charge in [-0.15, -0.1) is 0 Å². The predicted octanol–water partition coefficient (Wildman–Crippen LogP) is 4.30. The first kappa shape index (κ1) is 14.1. The Morgan fingerprint density at radius 2 is 2.05 bits per heavy atom. The van der Waals surface area contributed by atoms with Crippen LogP contribution in [0.1, 0.15) is 5.56 Å². The number of anilines is 1. The summed E-state index contributed by atoms with van der Waals surface area (Å²) in [6.07, 6.45) is 3.19. The van der Waals surface area contributed by atoms with Gasteiger partial charge in [0.2, 0.25) is 0 Å². The summed E-state index contributed by atoms with van der Waals surface area (Å²) >= 11 is 9.67. The molecule has 0 aliphatic carbocycles. The summed E-state index contributed by atoms with van der Waals surface area (Å²) in [5.41, 5.74) is 2.94. The lowest BCUT2D eigenvalue weighted by Crippen LogP contribution is -2.05. The van der Waals surface area contributed by atoms with Gasteiger partial charge in [0, 0.05) is 16.0 Å². The van der Waals surface area contributed by atoms with Crippen molar-refractivity contribution < 1.29 is 0 Å². The van der Waals surface area contributed by atoms with E-state index in [9.17, 15) is 0 Å². The molecule has 0 aliphatic heterocycles. The summed E-state index contributed by atoms with van der Waals surface area (Å²) in [7, 11) is 0. The summed E-state index contributed by atoms with van der Waals surface area (Å²) in [5, 5.41) is 8.30. The molecule has 4 nitrogen and oxygen atoms in total. The normalized spacial score (nSPS) is 10.6. The Bertz CT molecular complexity index is 743. The third-order valence-electron chi connectivity index (χ3n) is 3.05. The Morgan fingerprint density at radius 3 is 2.86 bits per heavy atom. The molecule has 0 fully saturated rings. The number of para-hydroxylation sites is 2. The summed E-state index contributed by atoms with van der Waals surface area (Å²) < 4.78 is 2.73. The molecule has 106 valence electrons. The van der Waals surface area contributed by atoms with Crippen LogP contribution >= 0.6 is 27.5 Å². The van der Waals surface area contributed by atoms with Gasteiger partial charge in [-0.25, -0.2) is 9.67 Å². The average molecular weight is 364 g/mol. The second-order valence-corrected chi connectivity index (χ2v) is 5.77. The van der Waals surface area contributed by atoms with Gasteiger partial charge in [-0.1, -0.05) is 39.7 Å². The van der Waals surface area contributed by atoms with Gasteiger partial charge in [0.1, 0.15) is 12.7 Å². The van der Waals surface area contributed by atoms with Crippen molar-refractivity contribution in [1.82, 2.24) is 14.8 Å². The monoisotopic (exact) mass is 362 g/mol. The van der Waals surface area contributed by atoms with Crippen molar-refractivity contribution in [2.45, 2.75) is 6.54 Å². The lowest BCUT2D eigenvalue weighted by molar-refractivity contribution is 0.878. The highest BCUT2D eigenvalue weighted by atomic mass is 79.9. The number of rotatable bonds is 4. The lowest BCUT2D eigenvalue weighted by Gasteiger charge is -2.12. The maximum absolute atomic E-state index is 6.21. The van der Waals surface area contributed by atoms with E-state index in [1.54, 1.807) is 11.0 Å². The van der Waals surface area contributed by atoms with Crippen molar-refractivity contribution in [3.8, 4) is 5.69 Å². The first-order valence-corrected chi connectivity index (χ1v) is 7.53. The van der Waals surface area contributed by atoms with Crippen LogP contribution in [0.25, 0.3) is 5.69 Å². The molecule has 0 unspecified atom stereocenters. The maximum Gasteiger partial charge on any atom is 0.138 e. The van der Waals surface area contributed by atoms with Crippen LogP contribution in [0.15, 0.2) is 59.6 Å². The second kappa shape index (κ2) is 6.28. The molecule has 0 atom stereocenters. The summed E-state index contributed by atoms with van der Waals surface area (Å²) in [5.74, 6) is 0. The van der Waals surface area contributed by atoms with E-state index in [0.717, 1.165) is 26.4 Å². The molecule has 0 saturated carbocycles. The third kappa shape index (κ3) is 3.25. The van der Waals surface area contributed by atoms with Crippen molar-refractivity contribution in [2.75, 3.05) is 5.32 Å². The van der Waals surface area contributed by atoms with Crippen molar-refractivity contribution in [3.63, 3.8) is 0 Å². The van der Waals surface area contributed by atoms with Crippen molar-refractivity contribution in [2.24, 2.45) is 0 Å². The molecule has 21 heavy (non-hydrogen) atoms. The topological polar surface area (TPSA) is 42.7 Å². The number of nitrogens with zero attached hydrogens (tertiary/aromatic N) is 3. The highest BCUT2D eigenvalue weighted by molar-refractivity contribution is 9.10. The van der Waals surface area contributed by atoms with Crippen molar-refractivity contribution in [1.29, 1.82) is 0 Å². The van der Waals surface area contributed by atoms with E-state index < -0.39 is 0 Å². The van der Waals surface area contributed by atoms with Crippen LogP contribution in [0.4, 0.5) is 5.69 Å². The number of nitrogens with one attached hydrogen (secondary N) is 1. The first-order valence-electron chi connectivity index (χ1n) is 6.36. The van der Waals surface area contributed by atoms with Crippen LogP contribution in [0.3, 0.4) is 0 Å². The van der Waals surface area contributed by atoms with Crippen LogP contribution < -0.4 is 5.32 Å². The van der Waals surface area contributed by atoms with Gasteiger partial charge in [0.25, 0.3) is 0 Å². The van der Waals surface area contributed by atoms with Gasteiger partial charge in [-0.2, -0.15) is 5.10 Å². The van der Waals surface area contributed by atoms with Gasteiger partial charge in [-0.3, -0.25) is 0 Å². The third-order valence-corrected chi connectivity index (χ3v) is 3.91. The summed E-state index contributed by atoms with van der Waals surface area (Å²) in [6, 6.07) is 13.7. The molecule has 0 spiro atoms.